The van der Waals surface area contributed by atoms with Crippen molar-refractivity contribution in [3.8, 4) is 11.4 Å². The Labute approximate surface area is 118 Å². The number of carbonyl (C=O) groups is 1. The maximum atomic E-state index is 13.4. The second-order valence-electron chi connectivity index (χ2n) is 4.09. The molecule has 7 heteroatoms. The van der Waals surface area contributed by atoms with Crippen molar-refractivity contribution in [2.45, 2.75) is 0 Å². The van der Waals surface area contributed by atoms with Crippen LogP contribution in [-0.4, -0.2) is 21.0 Å². The minimum absolute atomic E-state index is 0.0474. The van der Waals surface area contributed by atoms with E-state index in [4.69, 9.17) is 4.52 Å². The van der Waals surface area contributed by atoms with Gasteiger partial charge >= 0.3 is 11.8 Å². The summed E-state index contributed by atoms with van der Waals surface area (Å²) >= 11 is 0. The van der Waals surface area contributed by atoms with Gasteiger partial charge in [-0.1, -0.05) is 17.3 Å². The molecule has 3 rings (SSSR count). The van der Waals surface area contributed by atoms with Gasteiger partial charge in [-0.2, -0.15) is 4.98 Å². The lowest BCUT2D eigenvalue weighted by Gasteiger charge is -2.02. The van der Waals surface area contributed by atoms with Crippen molar-refractivity contribution in [3.63, 3.8) is 0 Å². The summed E-state index contributed by atoms with van der Waals surface area (Å²) in [5, 5.41) is 6.07. The van der Waals surface area contributed by atoms with Gasteiger partial charge in [-0.15, -0.1) is 0 Å². The zero-order valence-electron chi connectivity index (χ0n) is 10.7. The molecule has 1 N–H and O–H groups in total. The van der Waals surface area contributed by atoms with Gasteiger partial charge in [0.25, 0.3) is 0 Å². The number of aromatic nitrogens is 3. The van der Waals surface area contributed by atoms with Crippen molar-refractivity contribution in [3.05, 3.63) is 60.5 Å². The van der Waals surface area contributed by atoms with Gasteiger partial charge in [-0.05, 0) is 24.3 Å². The average molecular weight is 284 g/mol. The van der Waals surface area contributed by atoms with E-state index < -0.39 is 11.7 Å². The number of para-hydroxylation sites is 1. The molecule has 0 saturated carbocycles. The fraction of sp³-hybridized carbons (Fsp3) is 0. The molecule has 104 valence electrons. The topological polar surface area (TPSA) is 80.9 Å². The van der Waals surface area contributed by atoms with E-state index in [1.54, 1.807) is 30.6 Å². The van der Waals surface area contributed by atoms with Gasteiger partial charge in [0.1, 0.15) is 5.82 Å². The molecule has 0 radical (unpaired) electrons. The number of hydrogen-bond acceptors (Lipinski definition) is 5. The van der Waals surface area contributed by atoms with Crippen molar-refractivity contribution in [2.24, 2.45) is 0 Å². The molecule has 21 heavy (non-hydrogen) atoms. The summed E-state index contributed by atoms with van der Waals surface area (Å²) in [6, 6.07) is 9.18. The Morgan fingerprint density at radius 3 is 2.67 bits per heavy atom. The Kier molecular flexibility index (Phi) is 3.38. The van der Waals surface area contributed by atoms with E-state index in [-0.39, 0.29) is 17.4 Å². The first kappa shape index (κ1) is 12.9. The monoisotopic (exact) mass is 284 g/mol. The van der Waals surface area contributed by atoms with Crippen LogP contribution in [0.2, 0.25) is 0 Å². The molecule has 0 saturated heterocycles. The van der Waals surface area contributed by atoms with E-state index in [0.29, 0.717) is 5.56 Å². The molecule has 0 bridgehead atoms. The van der Waals surface area contributed by atoms with Crippen LogP contribution < -0.4 is 5.32 Å². The number of carbonyl (C=O) groups excluding carboxylic acids is 1. The Morgan fingerprint density at radius 1 is 1.14 bits per heavy atom. The third-order valence-corrected chi connectivity index (χ3v) is 2.68. The first-order valence-corrected chi connectivity index (χ1v) is 6.04. The maximum absolute atomic E-state index is 13.4. The molecule has 0 fully saturated rings. The number of halogens is 1. The van der Waals surface area contributed by atoms with Gasteiger partial charge in [0.15, 0.2) is 0 Å². The van der Waals surface area contributed by atoms with Crippen LogP contribution in [0.1, 0.15) is 10.7 Å². The molecule has 0 aliphatic heterocycles. The summed E-state index contributed by atoms with van der Waals surface area (Å²) in [6.45, 7) is 0. The van der Waals surface area contributed by atoms with Crippen LogP contribution in [0, 0.1) is 5.82 Å². The molecule has 0 spiro atoms. The smallest absolute Gasteiger partial charge is 0.316 e. The minimum Gasteiger partial charge on any atom is -0.328 e. The SMILES string of the molecule is O=C(Nc1ccccc1F)c1nc(-c2ccncc2)no1. The molecule has 0 aliphatic rings. The Morgan fingerprint density at radius 2 is 1.90 bits per heavy atom. The lowest BCUT2D eigenvalue weighted by Crippen LogP contribution is -2.13. The van der Waals surface area contributed by atoms with E-state index in [0.717, 1.165) is 0 Å². The highest BCUT2D eigenvalue weighted by molar-refractivity contribution is 6.01. The summed E-state index contributed by atoms with van der Waals surface area (Å²) < 4.78 is 18.3. The molecule has 6 nitrogen and oxygen atoms in total. The van der Waals surface area contributed by atoms with E-state index in [2.05, 4.69) is 20.4 Å². The van der Waals surface area contributed by atoms with Crippen LogP contribution in [0.25, 0.3) is 11.4 Å². The van der Waals surface area contributed by atoms with Gasteiger partial charge in [0.05, 0.1) is 5.69 Å². The zero-order valence-corrected chi connectivity index (χ0v) is 10.7. The van der Waals surface area contributed by atoms with Crippen LogP contribution >= 0.6 is 0 Å². The van der Waals surface area contributed by atoms with Gasteiger partial charge in [-0.3, -0.25) is 9.78 Å². The van der Waals surface area contributed by atoms with Crippen LogP contribution in [-0.2, 0) is 0 Å². The first-order chi connectivity index (χ1) is 10.2. The molecular weight excluding hydrogens is 275 g/mol. The third-order valence-electron chi connectivity index (χ3n) is 2.68. The van der Waals surface area contributed by atoms with Gasteiger partial charge in [0.2, 0.25) is 5.82 Å². The molecule has 2 heterocycles. The molecule has 0 atom stereocenters. The highest BCUT2D eigenvalue weighted by Crippen LogP contribution is 2.16. The normalized spacial score (nSPS) is 10.3. The van der Waals surface area contributed by atoms with Gasteiger partial charge in [0, 0.05) is 18.0 Å². The second kappa shape index (κ2) is 5.49. The molecule has 0 unspecified atom stereocenters. The number of amides is 1. The van der Waals surface area contributed by atoms with Crippen molar-refractivity contribution in [1.82, 2.24) is 15.1 Å². The zero-order chi connectivity index (χ0) is 14.7. The van der Waals surface area contributed by atoms with Crippen LogP contribution in [0.5, 0.6) is 0 Å². The van der Waals surface area contributed by atoms with Crippen LogP contribution in [0.15, 0.2) is 53.3 Å². The third kappa shape index (κ3) is 2.76. The number of nitrogens with one attached hydrogen (secondary N) is 1. The molecule has 1 aromatic carbocycles. The fourth-order valence-corrected chi connectivity index (χ4v) is 1.67. The van der Waals surface area contributed by atoms with Crippen molar-refractivity contribution >= 4 is 11.6 Å². The molecule has 0 aliphatic carbocycles. The Bertz CT molecular complexity index is 773. The summed E-state index contributed by atoms with van der Waals surface area (Å²) in [7, 11) is 0. The lowest BCUT2D eigenvalue weighted by molar-refractivity contribution is 0.0981. The first-order valence-electron chi connectivity index (χ1n) is 6.04. The van der Waals surface area contributed by atoms with Crippen LogP contribution in [0.4, 0.5) is 10.1 Å². The average Bonchev–Trinajstić information content (AvgIpc) is 3.00. The number of hydrogen-bond donors (Lipinski definition) is 1. The van der Waals surface area contributed by atoms with E-state index in [9.17, 15) is 9.18 Å². The number of nitrogens with zero attached hydrogens (tertiary/aromatic N) is 3. The van der Waals surface area contributed by atoms with Crippen LogP contribution in [0.3, 0.4) is 0 Å². The number of rotatable bonds is 3. The Balaban J connectivity index is 1.80. The van der Waals surface area contributed by atoms with Gasteiger partial charge in [-0.25, -0.2) is 4.39 Å². The van der Waals surface area contributed by atoms with Crippen molar-refractivity contribution in [1.29, 1.82) is 0 Å². The second-order valence-corrected chi connectivity index (χ2v) is 4.09. The van der Waals surface area contributed by atoms with E-state index in [1.807, 2.05) is 0 Å². The van der Waals surface area contributed by atoms with Crippen molar-refractivity contribution in [2.75, 3.05) is 5.32 Å². The Hall–Kier alpha value is -3.09. The summed E-state index contributed by atoms with van der Waals surface area (Å²) in [6.07, 6.45) is 3.15. The van der Waals surface area contributed by atoms with Crippen molar-refractivity contribution < 1.29 is 13.7 Å². The fourth-order valence-electron chi connectivity index (χ4n) is 1.67. The van der Waals surface area contributed by atoms with E-state index in [1.165, 1.54) is 18.2 Å². The molecular formula is C14H9FN4O2. The standard InChI is InChI=1S/C14H9FN4O2/c15-10-3-1-2-4-11(10)17-13(20)14-18-12(19-21-14)9-5-7-16-8-6-9/h1-8H,(H,17,20). The van der Waals surface area contributed by atoms with Gasteiger partial charge < -0.3 is 9.84 Å². The predicted octanol–water partition coefficient (Wildman–Crippen LogP) is 2.52. The number of benzene rings is 1. The quantitative estimate of drug-likeness (QED) is 0.799. The predicted molar refractivity (Wildman–Crippen MR) is 71.9 cm³/mol. The largest absolute Gasteiger partial charge is 0.328 e. The maximum Gasteiger partial charge on any atom is 0.316 e. The molecule has 3 aromatic rings. The lowest BCUT2D eigenvalue weighted by atomic mass is 10.2. The van der Waals surface area contributed by atoms with E-state index >= 15 is 0 Å². The highest BCUT2D eigenvalue weighted by Gasteiger charge is 2.17. The summed E-state index contributed by atoms with van der Waals surface area (Å²) in [4.78, 5) is 19.8. The summed E-state index contributed by atoms with van der Waals surface area (Å²) in [5.74, 6) is -1.20. The number of anilines is 1. The minimum atomic E-state index is -0.673. The summed E-state index contributed by atoms with van der Waals surface area (Å²) in [5.41, 5.74) is 0.713. The highest BCUT2D eigenvalue weighted by atomic mass is 19.1. The molecule has 2 aromatic heterocycles. The number of pyridine rings is 1. The molecule has 1 amide bonds.